The smallest absolute Gasteiger partial charge is 0.412 e. The monoisotopic (exact) mass is 317 g/mol. The van der Waals surface area contributed by atoms with Crippen molar-refractivity contribution in [3.8, 4) is 0 Å². The summed E-state index contributed by atoms with van der Waals surface area (Å²) >= 11 is 0. The van der Waals surface area contributed by atoms with E-state index in [-0.39, 0.29) is 5.04 Å². The number of nitrogens with zero attached hydrogens (tertiary/aromatic N) is 1. The Morgan fingerprint density at radius 3 is 2.14 bits per heavy atom. The zero-order chi connectivity index (χ0) is 16.6. The molecule has 0 aromatic heterocycles. The van der Waals surface area contributed by atoms with Crippen molar-refractivity contribution >= 4 is 14.4 Å². The van der Waals surface area contributed by atoms with Crippen LogP contribution >= 0.6 is 0 Å². The average molecular weight is 318 g/mol. The van der Waals surface area contributed by atoms with Gasteiger partial charge in [-0.3, -0.25) is 4.90 Å². The van der Waals surface area contributed by atoms with E-state index in [0.717, 1.165) is 0 Å². The zero-order valence-corrected chi connectivity index (χ0v) is 15.7. The molecule has 1 fully saturated rings. The number of aliphatic hydroxyl groups is 1. The molecule has 1 aliphatic heterocycles. The van der Waals surface area contributed by atoms with Crippen LogP contribution < -0.4 is 0 Å². The molecule has 21 heavy (non-hydrogen) atoms. The van der Waals surface area contributed by atoms with E-state index in [0.29, 0.717) is 13.0 Å². The zero-order valence-electron chi connectivity index (χ0n) is 14.7. The van der Waals surface area contributed by atoms with E-state index in [2.05, 4.69) is 33.9 Å². The SMILES string of the molecule is CC(C)(C)OC(=O)N1CC[C@@H](O)C1O[Si](C)(C)C(C)(C)C. The van der Waals surface area contributed by atoms with E-state index in [1.807, 2.05) is 20.8 Å². The Morgan fingerprint density at radius 2 is 1.71 bits per heavy atom. The summed E-state index contributed by atoms with van der Waals surface area (Å²) in [6.45, 7) is 16.6. The molecule has 0 bridgehead atoms. The van der Waals surface area contributed by atoms with Crippen molar-refractivity contribution in [1.29, 1.82) is 0 Å². The lowest BCUT2D eigenvalue weighted by molar-refractivity contribution is -0.0418. The average Bonchev–Trinajstić information content (AvgIpc) is 2.55. The van der Waals surface area contributed by atoms with Crippen molar-refractivity contribution in [3.05, 3.63) is 0 Å². The number of carbonyl (C=O) groups excluding carboxylic acids is 1. The molecule has 1 unspecified atom stereocenters. The van der Waals surface area contributed by atoms with Crippen molar-refractivity contribution in [1.82, 2.24) is 4.90 Å². The van der Waals surface area contributed by atoms with Crippen LogP contribution in [0.15, 0.2) is 0 Å². The van der Waals surface area contributed by atoms with Crippen molar-refractivity contribution in [2.75, 3.05) is 6.54 Å². The van der Waals surface area contributed by atoms with Crippen LogP contribution in [0.4, 0.5) is 4.79 Å². The van der Waals surface area contributed by atoms with Gasteiger partial charge in [0.05, 0.1) is 6.10 Å². The molecule has 0 aromatic carbocycles. The maximum Gasteiger partial charge on any atom is 0.412 e. The molecule has 1 heterocycles. The predicted octanol–water partition coefficient (Wildman–Crippen LogP) is 3.34. The first-order valence-electron chi connectivity index (χ1n) is 7.60. The Kier molecular flexibility index (Phi) is 5.18. The highest BCUT2D eigenvalue weighted by Crippen LogP contribution is 2.39. The Balaban J connectivity index is 2.85. The summed E-state index contributed by atoms with van der Waals surface area (Å²) in [7, 11) is -2.07. The molecule has 1 aliphatic rings. The van der Waals surface area contributed by atoms with Gasteiger partial charge in [0.25, 0.3) is 0 Å². The van der Waals surface area contributed by atoms with Gasteiger partial charge in [0.2, 0.25) is 0 Å². The molecule has 1 N–H and O–H groups in total. The second-order valence-electron chi connectivity index (χ2n) is 8.30. The van der Waals surface area contributed by atoms with Crippen molar-refractivity contribution < 1.29 is 19.1 Å². The fourth-order valence-electron chi connectivity index (χ4n) is 1.89. The summed E-state index contributed by atoms with van der Waals surface area (Å²) in [6.07, 6.45) is -1.13. The number of ether oxygens (including phenoxy) is 1. The van der Waals surface area contributed by atoms with E-state index >= 15 is 0 Å². The van der Waals surface area contributed by atoms with Crippen LogP contribution in [-0.4, -0.2) is 48.9 Å². The van der Waals surface area contributed by atoms with Gasteiger partial charge in [-0.2, -0.15) is 0 Å². The summed E-state index contributed by atoms with van der Waals surface area (Å²) in [5.41, 5.74) is -0.549. The molecule has 5 nitrogen and oxygen atoms in total. The van der Waals surface area contributed by atoms with Crippen LogP contribution in [-0.2, 0) is 9.16 Å². The first kappa shape index (κ1) is 18.5. The van der Waals surface area contributed by atoms with Gasteiger partial charge in [-0.1, -0.05) is 20.8 Å². The molecular formula is C15H31NO4Si. The van der Waals surface area contributed by atoms with E-state index in [4.69, 9.17) is 9.16 Å². The number of aliphatic hydroxyl groups excluding tert-OH is 1. The van der Waals surface area contributed by atoms with E-state index < -0.39 is 32.3 Å². The van der Waals surface area contributed by atoms with E-state index in [1.165, 1.54) is 4.90 Å². The molecule has 0 saturated carbocycles. The second-order valence-corrected chi connectivity index (χ2v) is 13.1. The first-order valence-corrected chi connectivity index (χ1v) is 10.5. The quantitative estimate of drug-likeness (QED) is 0.794. The summed E-state index contributed by atoms with van der Waals surface area (Å²) in [6, 6.07) is 0. The van der Waals surface area contributed by atoms with Crippen molar-refractivity contribution in [2.24, 2.45) is 0 Å². The van der Waals surface area contributed by atoms with Crippen molar-refractivity contribution in [3.63, 3.8) is 0 Å². The van der Waals surface area contributed by atoms with E-state index in [1.54, 1.807) is 0 Å². The Labute approximate surface area is 129 Å². The molecule has 0 spiro atoms. The minimum atomic E-state index is -2.07. The fourth-order valence-corrected chi connectivity index (χ4v) is 3.13. The maximum atomic E-state index is 12.3. The molecule has 124 valence electrons. The number of rotatable bonds is 2. The predicted molar refractivity (Wildman–Crippen MR) is 85.6 cm³/mol. The van der Waals surface area contributed by atoms with Gasteiger partial charge in [-0.05, 0) is 45.3 Å². The number of carbonyl (C=O) groups is 1. The number of likely N-dealkylation sites (tertiary alicyclic amines) is 1. The fraction of sp³-hybridized carbons (Fsp3) is 0.933. The Bertz CT molecular complexity index is 384. The maximum absolute atomic E-state index is 12.3. The first-order chi connectivity index (χ1) is 9.24. The minimum absolute atomic E-state index is 0.0227. The molecule has 0 aliphatic carbocycles. The number of hydrogen-bond acceptors (Lipinski definition) is 4. The molecule has 0 aromatic rings. The van der Waals surface area contributed by atoms with Gasteiger partial charge < -0.3 is 14.3 Å². The van der Waals surface area contributed by atoms with Crippen LogP contribution in [0.2, 0.25) is 18.1 Å². The summed E-state index contributed by atoms with van der Waals surface area (Å²) in [4.78, 5) is 13.8. The van der Waals surface area contributed by atoms with Gasteiger partial charge in [0.1, 0.15) is 5.60 Å². The molecule has 1 amide bonds. The topological polar surface area (TPSA) is 59.0 Å². The molecule has 1 rings (SSSR count). The normalized spacial score (nSPS) is 24.3. The van der Waals surface area contributed by atoms with Gasteiger partial charge in [0.15, 0.2) is 14.5 Å². The van der Waals surface area contributed by atoms with Crippen LogP contribution in [0.5, 0.6) is 0 Å². The summed E-state index contributed by atoms with van der Waals surface area (Å²) in [5.74, 6) is 0. The van der Waals surface area contributed by atoms with E-state index in [9.17, 15) is 9.90 Å². The summed E-state index contributed by atoms with van der Waals surface area (Å²) in [5, 5.41) is 10.2. The van der Waals surface area contributed by atoms with Crippen molar-refractivity contribution in [2.45, 2.75) is 84.0 Å². The van der Waals surface area contributed by atoms with Crippen LogP contribution in [0, 0.1) is 0 Å². The lowest BCUT2D eigenvalue weighted by Crippen LogP contribution is -2.52. The standard InChI is InChI=1S/C15H31NO4Si/c1-14(2,3)19-13(18)16-10-9-11(17)12(16)20-21(7,8)15(4,5)6/h11-12,17H,9-10H2,1-8H3/t11-,12?/m1/s1. The lowest BCUT2D eigenvalue weighted by atomic mass is 10.2. The number of amides is 1. The molecule has 0 radical (unpaired) electrons. The van der Waals surface area contributed by atoms with Gasteiger partial charge in [-0.15, -0.1) is 0 Å². The third-order valence-electron chi connectivity index (χ3n) is 4.15. The highest BCUT2D eigenvalue weighted by molar-refractivity contribution is 6.74. The summed E-state index contributed by atoms with van der Waals surface area (Å²) < 4.78 is 11.6. The van der Waals surface area contributed by atoms with Crippen LogP contribution in [0.3, 0.4) is 0 Å². The minimum Gasteiger partial charge on any atom is -0.444 e. The third-order valence-corrected chi connectivity index (χ3v) is 8.59. The Morgan fingerprint density at radius 1 is 1.19 bits per heavy atom. The van der Waals surface area contributed by atoms with Crippen LogP contribution in [0.25, 0.3) is 0 Å². The highest BCUT2D eigenvalue weighted by atomic mass is 28.4. The van der Waals surface area contributed by atoms with Gasteiger partial charge in [-0.25, -0.2) is 4.79 Å². The third kappa shape index (κ3) is 4.69. The number of hydrogen-bond donors (Lipinski definition) is 1. The highest BCUT2D eigenvalue weighted by Gasteiger charge is 2.46. The Hall–Kier alpha value is -0.593. The van der Waals surface area contributed by atoms with Crippen LogP contribution in [0.1, 0.15) is 48.0 Å². The molecule has 1 saturated heterocycles. The molecular weight excluding hydrogens is 286 g/mol. The largest absolute Gasteiger partial charge is 0.444 e. The van der Waals surface area contributed by atoms with Gasteiger partial charge in [0, 0.05) is 6.54 Å². The molecule has 2 atom stereocenters. The molecule has 6 heteroatoms. The second kappa shape index (κ2) is 5.89. The lowest BCUT2D eigenvalue weighted by Gasteiger charge is -2.41. The van der Waals surface area contributed by atoms with Gasteiger partial charge >= 0.3 is 6.09 Å².